The molecule has 0 radical (unpaired) electrons. The molecule has 0 spiro atoms. The Morgan fingerprint density at radius 2 is 2.18 bits per heavy atom. The van der Waals surface area contributed by atoms with E-state index in [9.17, 15) is 22.8 Å². The molecule has 17 heavy (non-hydrogen) atoms. The molecule has 0 aromatic carbocycles. The van der Waals surface area contributed by atoms with E-state index in [2.05, 4.69) is 4.98 Å². The molecule has 0 aliphatic carbocycles. The number of aliphatic carboxylic acids is 1. The van der Waals surface area contributed by atoms with E-state index in [1.54, 1.807) is 0 Å². The number of nitrogens with zero attached hydrogens (tertiary/aromatic N) is 2. The van der Waals surface area contributed by atoms with Crippen LogP contribution in [0.25, 0.3) is 0 Å². The van der Waals surface area contributed by atoms with Crippen molar-refractivity contribution in [2.24, 2.45) is 5.92 Å². The standard InChI is InChI=1S/C9H9F3N2O3/c1-5-2-7(15)14(4-13-5)3-6(8(16)17)9(10,11)12/h2,4,6H,3H2,1H3,(H,16,17). The van der Waals surface area contributed by atoms with Gasteiger partial charge in [-0.05, 0) is 6.92 Å². The Bertz CT molecular complexity index is 481. The Kier molecular flexibility index (Phi) is 3.54. The molecular weight excluding hydrogens is 241 g/mol. The van der Waals surface area contributed by atoms with Crippen LogP contribution in [0, 0.1) is 12.8 Å². The SMILES string of the molecule is Cc1cc(=O)n(CC(C(=O)O)C(F)(F)F)cn1. The molecule has 0 amide bonds. The summed E-state index contributed by atoms with van der Waals surface area (Å²) in [5, 5.41) is 8.46. The summed E-state index contributed by atoms with van der Waals surface area (Å²) in [6, 6.07) is 1.04. The van der Waals surface area contributed by atoms with E-state index in [1.807, 2.05) is 0 Å². The normalized spacial score (nSPS) is 13.4. The minimum Gasteiger partial charge on any atom is -0.481 e. The van der Waals surface area contributed by atoms with E-state index in [0.29, 0.717) is 10.3 Å². The summed E-state index contributed by atoms with van der Waals surface area (Å²) in [7, 11) is 0. The molecule has 1 atom stereocenters. The maximum absolute atomic E-state index is 12.4. The van der Waals surface area contributed by atoms with Crippen molar-refractivity contribution >= 4 is 5.97 Å². The first-order chi connectivity index (χ1) is 7.71. The van der Waals surface area contributed by atoms with Crippen LogP contribution in [0.5, 0.6) is 0 Å². The first-order valence-corrected chi connectivity index (χ1v) is 4.54. The van der Waals surface area contributed by atoms with Crippen molar-refractivity contribution in [2.75, 3.05) is 0 Å². The van der Waals surface area contributed by atoms with Gasteiger partial charge in [0, 0.05) is 18.3 Å². The molecule has 0 aliphatic heterocycles. The third-order valence-electron chi connectivity index (χ3n) is 2.09. The van der Waals surface area contributed by atoms with Gasteiger partial charge in [0.1, 0.15) is 0 Å². The van der Waals surface area contributed by atoms with E-state index in [-0.39, 0.29) is 0 Å². The lowest BCUT2D eigenvalue weighted by Crippen LogP contribution is -2.37. The van der Waals surface area contributed by atoms with E-state index >= 15 is 0 Å². The molecule has 94 valence electrons. The maximum Gasteiger partial charge on any atom is 0.403 e. The van der Waals surface area contributed by atoms with Gasteiger partial charge in [0.05, 0.1) is 6.33 Å². The summed E-state index contributed by atoms with van der Waals surface area (Å²) >= 11 is 0. The van der Waals surface area contributed by atoms with Gasteiger partial charge >= 0.3 is 12.1 Å². The van der Waals surface area contributed by atoms with E-state index in [4.69, 9.17) is 5.11 Å². The number of aromatic nitrogens is 2. The van der Waals surface area contributed by atoms with Gasteiger partial charge in [-0.3, -0.25) is 14.2 Å². The highest BCUT2D eigenvalue weighted by molar-refractivity contribution is 5.70. The van der Waals surface area contributed by atoms with Crippen LogP contribution in [-0.2, 0) is 11.3 Å². The quantitative estimate of drug-likeness (QED) is 0.861. The van der Waals surface area contributed by atoms with Crippen molar-refractivity contribution in [3.05, 3.63) is 28.4 Å². The molecule has 5 nitrogen and oxygen atoms in total. The predicted octanol–water partition coefficient (Wildman–Crippen LogP) is 0.815. The van der Waals surface area contributed by atoms with Gasteiger partial charge in [-0.1, -0.05) is 0 Å². The molecule has 1 aromatic heterocycles. The topological polar surface area (TPSA) is 72.2 Å². The summed E-state index contributed by atoms with van der Waals surface area (Å²) in [5.74, 6) is -4.64. The molecule has 1 unspecified atom stereocenters. The minimum absolute atomic E-state index is 0.352. The molecule has 8 heteroatoms. The fourth-order valence-electron chi connectivity index (χ4n) is 1.17. The van der Waals surface area contributed by atoms with Crippen molar-refractivity contribution in [2.45, 2.75) is 19.6 Å². The monoisotopic (exact) mass is 250 g/mol. The zero-order valence-electron chi connectivity index (χ0n) is 8.73. The average molecular weight is 250 g/mol. The van der Waals surface area contributed by atoms with Crippen LogP contribution in [0.2, 0.25) is 0 Å². The summed E-state index contributed by atoms with van der Waals surface area (Å²) in [6.07, 6.45) is -4.00. The molecular formula is C9H9F3N2O3. The van der Waals surface area contributed by atoms with Gasteiger partial charge in [-0.2, -0.15) is 13.2 Å². The molecule has 1 aromatic rings. The summed E-state index contributed by atoms with van der Waals surface area (Å²) in [4.78, 5) is 25.4. The van der Waals surface area contributed by atoms with Crippen LogP contribution in [0.15, 0.2) is 17.2 Å². The number of aryl methyl sites for hydroxylation is 1. The average Bonchev–Trinajstić information content (AvgIpc) is 2.13. The van der Waals surface area contributed by atoms with Gasteiger partial charge in [-0.15, -0.1) is 0 Å². The van der Waals surface area contributed by atoms with Gasteiger partial charge in [0.15, 0.2) is 5.92 Å². The zero-order valence-corrected chi connectivity index (χ0v) is 8.73. The second kappa shape index (κ2) is 4.56. The Hall–Kier alpha value is -1.86. The highest BCUT2D eigenvalue weighted by Gasteiger charge is 2.45. The van der Waals surface area contributed by atoms with Gasteiger partial charge in [-0.25, -0.2) is 4.98 Å². The predicted molar refractivity (Wildman–Crippen MR) is 50.4 cm³/mol. The minimum atomic E-state index is -4.91. The second-order valence-corrected chi connectivity index (χ2v) is 3.45. The van der Waals surface area contributed by atoms with Crippen LogP contribution >= 0.6 is 0 Å². The summed E-state index contributed by atoms with van der Waals surface area (Å²) in [6.45, 7) is 0.523. The maximum atomic E-state index is 12.4. The number of halogens is 3. The zero-order chi connectivity index (χ0) is 13.2. The van der Waals surface area contributed by atoms with Gasteiger partial charge in [0.2, 0.25) is 0 Å². The molecule has 1 heterocycles. The van der Waals surface area contributed by atoms with Crippen LogP contribution in [0.1, 0.15) is 5.69 Å². The smallest absolute Gasteiger partial charge is 0.403 e. The van der Waals surface area contributed by atoms with Crippen molar-refractivity contribution in [1.82, 2.24) is 9.55 Å². The lowest BCUT2D eigenvalue weighted by molar-refractivity contribution is -0.196. The Morgan fingerprint density at radius 1 is 1.59 bits per heavy atom. The third-order valence-corrected chi connectivity index (χ3v) is 2.09. The summed E-state index contributed by atoms with van der Waals surface area (Å²) in [5.41, 5.74) is -0.363. The lowest BCUT2D eigenvalue weighted by Gasteiger charge is -2.16. The third kappa shape index (κ3) is 3.30. The van der Waals surface area contributed by atoms with Crippen molar-refractivity contribution in [1.29, 1.82) is 0 Å². The van der Waals surface area contributed by atoms with Crippen LogP contribution in [0.4, 0.5) is 13.2 Å². The van der Waals surface area contributed by atoms with Gasteiger partial charge < -0.3 is 5.11 Å². The van der Waals surface area contributed by atoms with Gasteiger partial charge in [0.25, 0.3) is 5.56 Å². The van der Waals surface area contributed by atoms with E-state index < -0.39 is 30.2 Å². The Balaban J connectivity index is 3.03. The molecule has 0 aliphatic rings. The van der Waals surface area contributed by atoms with Crippen LogP contribution in [-0.4, -0.2) is 26.8 Å². The second-order valence-electron chi connectivity index (χ2n) is 3.45. The number of carboxylic acid groups (broad SMARTS) is 1. The number of hydrogen-bond acceptors (Lipinski definition) is 3. The number of alkyl halides is 3. The van der Waals surface area contributed by atoms with Crippen LogP contribution < -0.4 is 5.56 Å². The highest BCUT2D eigenvalue weighted by atomic mass is 19.4. The number of carbonyl (C=O) groups is 1. The number of rotatable bonds is 3. The van der Waals surface area contributed by atoms with E-state index in [1.165, 1.54) is 6.92 Å². The largest absolute Gasteiger partial charge is 0.481 e. The van der Waals surface area contributed by atoms with Crippen molar-refractivity contribution in [3.63, 3.8) is 0 Å². The van der Waals surface area contributed by atoms with Crippen molar-refractivity contribution in [3.8, 4) is 0 Å². The van der Waals surface area contributed by atoms with E-state index in [0.717, 1.165) is 12.4 Å². The fourth-order valence-corrected chi connectivity index (χ4v) is 1.17. The Morgan fingerprint density at radius 3 is 2.59 bits per heavy atom. The first kappa shape index (κ1) is 13.2. The van der Waals surface area contributed by atoms with Crippen molar-refractivity contribution < 1.29 is 23.1 Å². The number of hydrogen-bond donors (Lipinski definition) is 1. The summed E-state index contributed by atoms with van der Waals surface area (Å²) < 4.78 is 37.7. The fraction of sp³-hybridized carbons (Fsp3) is 0.444. The first-order valence-electron chi connectivity index (χ1n) is 4.54. The molecule has 0 saturated carbocycles. The highest BCUT2D eigenvalue weighted by Crippen LogP contribution is 2.27. The van der Waals surface area contributed by atoms with Crippen LogP contribution in [0.3, 0.4) is 0 Å². The molecule has 0 saturated heterocycles. The Labute approximate surface area is 93.5 Å². The number of carboxylic acids is 1. The molecule has 0 fully saturated rings. The lowest BCUT2D eigenvalue weighted by atomic mass is 10.1. The molecule has 1 N–H and O–H groups in total. The molecule has 0 bridgehead atoms. The molecule has 1 rings (SSSR count).